The summed E-state index contributed by atoms with van der Waals surface area (Å²) < 4.78 is 5.06. The van der Waals surface area contributed by atoms with E-state index in [0.717, 1.165) is 25.1 Å². The average Bonchev–Trinajstić information content (AvgIpc) is 2.88. The Morgan fingerprint density at radius 1 is 1.14 bits per heavy atom. The molecular weight excluding hydrogens is 453 g/mol. The maximum atomic E-state index is 11.9. The van der Waals surface area contributed by atoms with Gasteiger partial charge in [-0.3, -0.25) is 19.4 Å². The Balaban J connectivity index is 0.000000402. The van der Waals surface area contributed by atoms with E-state index in [9.17, 15) is 24.4 Å². The highest BCUT2D eigenvalue weighted by atomic mass is 16.5. The molecule has 1 aliphatic heterocycles. The van der Waals surface area contributed by atoms with Crippen LogP contribution < -0.4 is 10.6 Å². The highest BCUT2D eigenvalue weighted by molar-refractivity contribution is 6.43. The molecule has 1 aliphatic rings. The number of rotatable bonds is 9. The summed E-state index contributed by atoms with van der Waals surface area (Å²) in [6.45, 7) is 4.20. The zero-order chi connectivity index (χ0) is 25.5. The number of amides is 3. The van der Waals surface area contributed by atoms with Crippen molar-refractivity contribution in [2.75, 3.05) is 32.8 Å². The van der Waals surface area contributed by atoms with Gasteiger partial charge in [-0.2, -0.15) is 0 Å². The van der Waals surface area contributed by atoms with Crippen molar-refractivity contribution in [1.82, 2.24) is 25.5 Å². The molecule has 1 aromatic carbocycles. The molecule has 1 aromatic heterocycles. The van der Waals surface area contributed by atoms with E-state index in [-0.39, 0.29) is 18.1 Å². The van der Waals surface area contributed by atoms with Crippen molar-refractivity contribution in [3.63, 3.8) is 0 Å². The molecular formula is C23H32BN5O6. The van der Waals surface area contributed by atoms with Gasteiger partial charge in [0.05, 0.1) is 31.9 Å². The summed E-state index contributed by atoms with van der Waals surface area (Å²) in [5, 5.41) is 23.8. The number of aryl methyl sites for hydroxylation is 1. The highest BCUT2D eigenvalue weighted by Gasteiger charge is 2.25. The van der Waals surface area contributed by atoms with Crippen LogP contribution in [0.25, 0.3) is 0 Å². The van der Waals surface area contributed by atoms with Crippen LogP contribution in [0.4, 0.5) is 0 Å². The fourth-order valence-corrected chi connectivity index (χ4v) is 3.27. The molecule has 0 radical (unpaired) electrons. The number of hydrogen-bond donors (Lipinski definition) is 4. The Hall–Kier alpha value is -3.35. The van der Waals surface area contributed by atoms with Gasteiger partial charge in [0, 0.05) is 32.4 Å². The van der Waals surface area contributed by atoms with Crippen LogP contribution in [0.5, 0.6) is 0 Å². The number of ether oxygens (including phenoxy) is 1. The zero-order valence-corrected chi connectivity index (χ0v) is 19.8. The van der Waals surface area contributed by atoms with E-state index in [4.69, 9.17) is 4.74 Å². The van der Waals surface area contributed by atoms with Crippen molar-refractivity contribution < 1.29 is 29.2 Å². The molecule has 0 saturated carbocycles. The fraction of sp³-hybridized carbons (Fsp3) is 0.435. The second-order valence-electron chi connectivity index (χ2n) is 7.86. The smallest absolute Gasteiger partial charge is 0.426 e. The van der Waals surface area contributed by atoms with Gasteiger partial charge < -0.3 is 30.3 Å². The molecule has 12 heteroatoms. The van der Waals surface area contributed by atoms with Crippen molar-refractivity contribution in [2.45, 2.75) is 32.1 Å². The quantitative estimate of drug-likeness (QED) is 0.350. The standard InChI is InChI=1S/C17H21BN4O4.C6H11NO2/c23-16(12-21-17(24)14-11-19-9-10-20-14)22-15(18(25)26)8-4-7-13-5-2-1-3-6-13;1-6(8)7-2-4-9-5-3-7/h1-3,5-6,9-11,15,25-26H,4,7-8,12H2,(H,21,24)(H,22,23);2-5H2,1H3. The molecule has 2 aromatic rings. The highest BCUT2D eigenvalue weighted by Crippen LogP contribution is 2.07. The van der Waals surface area contributed by atoms with Crippen LogP contribution in [-0.2, 0) is 20.7 Å². The first-order valence-corrected chi connectivity index (χ1v) is 11.4. The van der Waals surface area contributed by atoms with Crippen LogP contribution in [0.3, 0.4) is 0 Å². The Labute approximate surface area is 205 Å². The van der Waals surface area contributed by atoms with Crippen LogP contribution in [0.15, 0.2) is 48.9 Å². The van der Waals surface area contributed by atoms with Gasteiger partial charge in [-0.1, -0.05) is 30.3 Å². The third-order valence-corrected chi connectivity index (χ3v) is 5.19. The predicted molar refractivity (Wildman–Crippen MR) is 129 cm³/mol. The van der Waals surface area contributed by atoms with Crippen molar-refractivity contribution in [3.05, 3.63) is 60.2 Å². The fourth-order valence-electron chi connectivity index (χ4n) is 3.27. The topological polar surface area (TPSA) is 154 Å². The van der Waals surface area contributed by atoms with Crippen molar-refractivity contribution >= 4 is 24.8 Å². The Kier molecular flexibility index (Phi) is 12.4. The predicted octanol–water partition coefficient (Wildman–Crippen LogP) is -0.409. The summed E-state index contributed by atoms with van der Waals surface area (Å²) in [5.74, 6) is -1.70. The monoisotopic (exact) mass is 485 g/mol. The Morgan fingerprint density at radius 3 is 2.43 bits per heavy atom. The number of nitrogens with zero attached hydrogens (tertiary/aromatic N) is 3. The van der Waals surface area contributed by atoms with Crippen LogP contribution in [-0.4, -0.2) is 88.5 Å². The van der Waals surface area contributed by atoms with Gasteiger partial charge in [0.15, 0.2) is 0 Å². The van der Waals surface area contributed by atoms with E-state index in [1.165, 1.54) is 18.6 Å². The maximum Gasteiger partial charge on any atom is 0.475 e. The largest absolute Gasteiger partial charge is 0.475 e. The van der Waals surface area contributed by atoms with Gasteiger partial charge in [0.25, 0.3) is 5.91 Å². The summed E-state index contributed by atoms with van der Waals surface area (Å²) in [6, 6.07) is 9.79. The third-order valence-electron chi connectivity index (χ3n) is 5.19. The van der Waals surface area contributed by atoms with Gasteiger partial charge in [0.2, 0.25) is 11.8 Å². The van der Waals surface area contributed by atoms with Gasteiger partial charge in [0.1, 0.15) is 5.69 Å². The zero-order valence-electron chi connectivity index (χ0n) is 19.8. The molecule has 0 spiro atoms. The van der Waals surface area contributed by atoms with Crippen molar-refractivity contribution in [2.24, 2.45) is 0 Å². The summed E-state index contributed by atoms with van der Waals surface area (Å²) in [7, 11) is -1.68. The molecule has 188 valence electrons. The second kappa shape index (κ2) is 15.5. The first kappa shape index (κ1) is 27.9. The molecule has 3 amide bonds. The first-order valence-electron chi connectivity index (χ1n) is 11.4. The van der Waals surface area contributed by atoms with E-state index in [2.05, 4.69) is 20.6 Å². The minimum atomic E-state index is -1.68. The van der Waals surface area contributed by atoms with E-state index >= 15 is 0 Å². The summed E-state index contributed by atoms with van der Waals surface area (Å²) >= 11 is 0. The minimum Gasteiger partial charge on any atom is -0.426 e. The molecule has 1 unspecified atom stereocenters. The van der Waals surface area contributed by atoms with E-state index in [1.54, 1.807) is 11.8 Å². The lowest BCUT2D eigenvalue weighted by molar-refractivity contribution is -0.132. The molecule has 35 heavy (non-hydrogen) atoms. The third kappa shape index (κ3) is 11.1. The van der Waals surface area contributed by atoms with E-state index in [0.29, 0.717) is 26.1 Å². The molecule has 4 N–H and O–H groups in total. The number of carbonyl (C=O) groups is 3. The average molecular weight is 485 g/mol. The summed E-state index contributed by atoms with van der Waals surface area (Å²) in [6.07, 6.45) is 5.95. The van der Waals surface area contributed by atoms with Crippen LogP contribution >= 0.6 is 0 Å². The lowest BCUT2D eigenvalue weighted by atomic mass is 9.76. The number of benzene rings is 1. The van der Waals surface area contributed by atoms with Gasteiger partial charge in [-0.05, 0) is 24.8 Å². The molecule has 11 nitrogen and oxygen atoms in total. The molecule has 2 heterocycles. The molecule has 0 bridgehead atoms. The van der Waals surface area contributed by atoms with Crippen molar-refractivity contribution in [3.8, 4) is 0 Å². The number of carbonyl (C=O) groups excluding carboxylic acids is 3. The Morgan fingerprint density at radius 2 is 1.86 bits per heavy atom. The number of aromatic nitrogens is 2. The lowest BCUT2D eigenvalue weighted by Gasteiger charge is -2.25. The molecule has 0 aliphatic carbocycles. The normalized spacial score (nSPS) is 13.6. The van der Waals surface area contributed by atoms with Crippen LogP contribution in [0, 0.1) is 0 Å². The summed E-state index contributed by atoms with van der Waals surface area (Å²) in [4.78, 5) is 43.8. The van der Waals surface area contributed by atoms with Crippen LogP contribution in [0.1, 0.15) is 35.8 Å². The summed E-state index contributed by atoms with van der Waals surface area (Å²) in [5.41, 5.74) is 1.24. The maximum absolute atomic E-state index is 11.9. The van der Waals surface area contributed by atoms with E-state index < -0.39 is 24.9 Å². The number of hydrogen-bond acceptors (Lipinski definition) is 8. The first-order chi connectivity index (χ1) is 16.9. The SMILES string of the molecule is CC(=O)N1CCOCC1.O=C(CNC(=O)c1cnccn1)NC(CCCc1ccccc1)B(O)O. The molecule has 1 saturated heterocycles. The second-order valence-corrected chi connectivity index (χ2v) is 7.86. The number of nitrogens with one attached hydrogen (secondary N) is 2. The molecule has 1 fully saturated rings. The minimum absolute atomic E-state index is 0.0990. The Bertz CT molecular complexity index is 913. The number of morpholine rings is 1. The van der Waals surface area contributed by atoms with Crippen molar-refractivity contribution in [1.29, 1.82) is 0 Å². The molecule has 1 atom stereocenters. The molecule has 3 rings (SSSR count). The van der Waals surface area contributed by atoms with Gasteiger partial charge >= 0.3 is 7.12 Å². The van der Waals surface area contributed by atoms with Gasteiger partial charge in [-0.25, -0.2) is 4.98 Å². The lowest BCUT2D eigenvalue weighted by Crippen LogP contribution is -2.49. The van der Waals surface area contributed by atoms with Crippen LogP contribution in [0.2, 0.25) is 0 Å². The van der Waals surface area contributed by atoms with Gasteiger partial charge in [-0.15, -0.1) is 0 Å². The van der Waals surface area contributed by atoms with E-state index in [1.807, 2.05) is 30.3 Å².